The van der Waals surface area contributed by atoms with Gasteiger partial charge in [0, 0.05) is 44.1 Å². The van der Waals surface area contributed by atoms with Crippen molar-refractivity contribution in [1.82, 2.24) is 9.29 Å². The SMILES string of the molecule is CN(C)S(=O)(=O)c1cccc(NCc2cccc3cnccc23)c1. The zero-order chi connectivity index (χ0) is 17.2. The van der Waals surface area contributed by atoms with Crippen molar-refractivity contribution in [3.63, 3.8) is 0 Å². The van der Waals surface area contributed by atoms with Crippen molar-refractivity contribution in [2.24, 2.45) is 0 Å². The minimum absolute atomic E-state index is 0.277. The van der Waals surface area contributed by atoms with E-state index in [2.05, 4.69) is 16.4 Å². The highest BCUT2D eigenvalue weighted by molar-refractivity contribution is 7.89. The molecule has 0 saturated heterocycles. The molecule has 0 amide bonds. The summed E-state index contributed by atoms with van der Waals surface area (Å²) in [5.41, 5.74) is 1.90. The Hall–Kier alpha value is -2.44. The highest BCUT2D eigenvalue weighted by Gasteiger charge is 2.17. The molecule has 0 bridgehead atoms. The van der Waals surface area contributed by atoms with Gasteiger partial charge in [0.05, 0.1) is 4.90 Å². The molecule has 0 unspecified atom stereocenters. The largest absolute Gasteiger partial charge is 0.381 e. The molecule has 1 heterocycles. The summed E-state index contributed by atoms with van der Waals surface area (Å²) in [4.78, 5) is 4.41. The van der Waals surface area contributed by atoms with Gasteiger partial charge in [0.1, 0.15) is 0 Å². The van der Waals surface area contributed by atoms with Crippen LogP contribution in [0, 0.1) is 0 Å². The summed E-state index contributed by atoms with van der Waals surface area (Å²) in [6, 6.07) is 14.9. The summed E-state index contributed by atoms with van der Waals surface area (Å²) in [6.45, 7) is 0.604. The first-order chi connectivity index (χ1) is 11.5. The summed E-state index contributed by atoms with van der Waals surface area (Å²) < 4.78 is 25.7. The van der Waals surface area contributed by atoms with Gasteiger partial charge < -0.3 is 5.32 Å². The van der Waals surface area contributed by atoms with Crippen molar-refractivity contribution in [2.45, 2.75) is 11.4 Å². The van der Waals surface area contributed by atoms with Crippen molar-refractivity contribution in [3.05, 3.63) is 66.5 Å². The Morgan fingerprint density at radius 3 is 2.67 bits per heavy atom. The molecule has 6 heteroatoms. The van der Waals surface area contributed by atoms with Gasteiger partial charge in [0.15, 0.2) is 0 Å². The maximum atomic E-state index is 12.2. The summed E-state index contributed by atoms with van der Waals surface area (Å²) in [6.07, 6.45) is 3.61. The van der Waals surface area contributed by atoms with Gasteiger partial charge in [0.25, 0.3) is 0 Å². The zero-order valence-corrected chi connectivity index (χ0v) is 14.4. The minimum Gasteiger partial charge on any atom is -0.381 e. The van der Waals surface area contributed by atoms with E-state index in [0.717, 1.165) is 22.0 Å². The summed E-state index contributed by atoms with van der Waals surface area (Å²) in [5, 5.41) is 5.52. The van der Waals surface area contributed by atoms with Gasteiger partial charge in [-0.15, -0.1) is 0 Å². The fourth-order valence-corrected chi connectivity index (χ4v) is 3.47. The molecule has 0 spiro atoms. The molecule has 0 saturated carbocycles. The van der Waals surface area contributed by atoms with E-state index >= 15 is 0 Å². The van der Waals surface area contributed by atoms with Crippen LogP contribution in [-0.2, 0) is 16.6 Å². The van der Waals surface area contributed by atoms with Crippen LogP contribution in [0.5, 0.6) is 0 Å². The van der Waals surface area contributed by atoms with Crippen molar-refractivity contribution >= 4 is 26.5 Å². The first kappa shape index (κ1) is 16.4. The number of hydrogen-bond acceptors (Lipinski definition) is 4. The molecule has 5 nitrogen and oxygen atoms in total. The second-order valence-corrected chi connectivity index (χ2v) is 7.83. The number of hydrogen-bond donors (Lipinski definition) is 1. The van der Waals surface area contributed by atoms with Gasteiger partial charge in [-0.2, -0.15) is 0 Å². The lowest BCUT2D eigenvalue weighted by atomic mass is 10.1. The lowest BCUT2D eigenvalue weighted by molar-refractivity contribution is 0.521. The molecule has 0 aliphatic rings. The van der Waals surface area contributed by atoms with Crippen LogP contribution in [-0.4, -0.2) is 31.8 Å². The first-order valence-corrected chi connectivity index (χ1v) is 9.00. The molecule has 24 heavy (non-hydrogen) atoms. The van der Waals surface area contributed by atoms with Crippen LogP contribution in [0.15, 0.2) is 65.8 Å². The van der Waals surface area contributed by atoms with E-state index in [4.69, 9.17) is 0 Å². The number of benzene rings is 2. The summed E-state index contributed by atoms with van der Waals surface area (Å²) in [5.74, 6) is 0. The number of fused-ring (bicyclic) bond motifs is 1. The van der Waals surface area contributed by atoms with E-state index in [-0.39, 0.29) is 4.90 Å². The Kier molecular flexibility index (Phi) is 4.51. The number of anilines is 1. The normalized spacial score (nSPS) is 11.8. The Morgan fingerprint density at radius 2 is 1.88 bits per heavy atom. The van der Waals surface area contributed by atoms with Gasteiger partial charge in [-0.25, -0.2) is 12.7 Å². The number of nitrogens with one attached hydrogen (secondary N) is 1. The number of pyridine rings is 1. The quantitative estimate of drug-likeness (QED) is 0.774. The molecule has 0 radical (unpaired) electrons. The number of rotatable bonds is 5. The summed E-state index contributed by atoms with van der Waals surface area (Å²) >= 11 is 0. The third-order valence-corrected chi connectivity index (χ3v) is 5.68. The number of nitrogens with zero attached hydrogens (tertiary/aromatic N) is 2. The predicted octanol–water partition coefficient (Wildman–Crippen LogP) is 3.10. The van der Waals surface area contributed by atoms with Gasteiger partial charge >= 0.3 is 0 Å². The first-order valence-electron chi connectivity index (χ1n) is 7.56. The van der Waals surface area contributed by atoms with E-state index in [1.54, 1.807) is 24.4 Å². The molecule has 3 rings (SSSR count). The fourth-order valence-electron chi connectivity index (χ4n) is 2.52. The maximum Gasteiger partial charge on any atom is 0.242 e. The van der Waals surface area contributed by atoms with Crippen molar-refractivity contribution in [2.75, 3.05) is 19.4 Å². The van der Waals surface area contributed by atoms with Gasteiger partial charge in [-0.1, -0.05) is 24.3 Å². The number of aromatic nitrogens is 1. The molecule has 3 aromatic rings. The molecule has 0 aliphatic carbocycles. The number of sulfonamides is 1. The van der Waals surface area contributed by atoms with Crippen molar-refractivity contribution in [3.8, 4) is 0 Å². The van der Waals surface area contributed by atoms with Crippen LogP contribution in [0.3, 0.4) is 0 Å². The Bertz CT molecular complexity index is 963. The molecular formula is C18H19N3O2S. The maximum absolute atomic E-state index is 12.2. The van der Waals surface area contributed by atoms with E-state index in [1.807, 2.05) is 30.5 Å². The molecule has 1 N–H and O–H groups in total. The lowest BCUT2D eigenvalue weighted by Crippen LogP contribution is -2.22. The second kappa shape index (κ2) is 6.59. The van der Waals surface area contributed by atoms with Crippen LogP contribution in [0.4, 0.5) is 5.69 Å². The zero-order valence-electron chi connectivity index (χ0n) is 13.6. The molecule has 124 valence electrons. The third-order valence-electron chi connectivity index (χ3n) is 3.87. The smallest absolute Gasteiger partial charge is 0.242 e. The van der Waals surface area contributed by atoms with Crippen LogP contribution < -0.4 is 5.32 Å². The highest BCUT2D eigenvalue weighted by atomic mass is 32.2. The van der Waals surface area contributed by atoms with Crippen LogP contribution in [0.25, 0.3) is 10.8 Å². The van der Waals surface area contributed by atoms with E-state index in [9.17, 15) is 8.42 Å². The van der Waals surface area contributed by atoms with E-state index in [1.165, 1.54) is 18.4 Å². The Morgan fingerprint density at radius 1 is 1.08 bits per heavy atom. The topological polar surface area (TPSA) is 62.3 Å². The minimum atomic E-state index is -3.43. The van der Waals surface area contributed by atoms with Gasteiger partial charge in [0.2, 0.25) is 10.0 Å². The standard InChI is InChI=1S/C18H19N3O2S/c1-21(2)24(22,23)17-8-4-7-16(11-17)20-13-15-6-3-5-14-12-19-10-9-18(14)15/h3-12,20H,13H2,1-2H3. The van der Waals surface area contributed by atoms with Gasteiger partial charge in [-0.05, 0) is 35.2 Å². The predicted molar refractivity (Wildman–Crippen MR) is 96.4 cm³/mol. The van der Waals surface area contributed by atoms with Gasteiger partial charge in [-0.3, -0.25) is 4.98 Å². The van der Waals surface area contributed by atoms with Crippen molar-refractivity contribution in [1.29, 1.82) is 0 Å². The van der Waals surface area contributed by atoms with Crippen LogP contribution in [0.1, 0.15) is 5.56 Å². The molecule has 0 fully saturated rings. The monoisotopic (exact) mass is 341 g/mol. The van der Waals surface area contributed by atoms with E-state index in [0.29, 0.717) is 6.54 Å². The molecule has 2 aromatic carbocycles. The highest BCUT2D eigenvalue weighted by Crippen LogP contribution is 2.21. The Labute approximate surface area is 142 Å². The molecule has 1 aromatic heterocycles. The molecule has 0 atom stereocenters. The lowest BCUT2D eigenvalue weighted by Gasteiger charge is -2.13. The van der Waals surface area contributed by atoms with Crippen LogP contribution >= 0.6 is 0 Å². The van der Waals surface area contributed by atoms with Crippen molar-refractivity contribution < 1.29 is 8.42 Å². The molecule has 0 aliphatic heterocycles. The third kappa shape index (κ3) is 3.25. The molecular weight excluding hydrogens is 322 g/mol. The average molecular weight is 341 g/mol. The second-order valence-electron chi connectivity index (χ2n) is 5.68. The van der Waals surface area contributed by atoms with E-state index < -0.39 is 10.0 Å². The average Bonchev–Trinajstić information content (AvgIpc) is 2.60. The summed E-state index contributed by atoms with van der Waals surface area (Å²) in [7, 11) is -0.377. The van der Waals surface area contributed by atoms with Crippen LogP contribution in [0.2, 0.25) is 0 Å². The Balaban J connectivity index is 1.85. The fraction of sp³-hybridized carbons (Fsp3) is 0.167.